The number of aromatic hydroxyl groups is 1. The van der Waals surface area contributed by atoms with Crippen molar-refractivity contribution in [3.63, 3.8) is 0 Å². The lowest BCUT2D eigenvalue weighted by molar-refractivity contribution is 0.275. The highest BCUT2D eigenvalue weighted by atomic mass is 31.2. The lowest BCUT2D eigenvalue weighted by Gasteiger charge is -2.12. The van der Waals surface area contributed by atoms with Gasteiger partial charge in [-0.05, 0) is 61.0 Å². The van der Waals surface area contributed by atoms with E-state index in [-0.39, 0.29) is 24.8 Å². The highest BCUT2D eigenvalue weighted by Gasteiger charge is 2.16. The van der Waals surface area contributed by atoms with Gasteiger partial charge in [-0.1, -0.05) is 30.3 Å². The zero-order valence-corrected chi connectivity index (χ0v) is 23.6. The molecule has 216 valence electrons. The first-order chi connectivity index (χ1) is 20.2. The average molecular weight is 590 g/mol. The Morgan fingerprint density at radius 3 is 2.52 bits per heavy atom. The van der Waals surface area contributed by atoms with Crippen molar-refractivity contribution in [1.29, 1.82) is 0 Å². The van der Waals surface area contributed by atoms with Crippen molar-refractivity contribution in [1.82, 2.24) is 14.8 Å². The maximum absolute atomic E-state index is 11.4. The number of hydrogen-bond donors (Lipinski definition) is 3. The van der Waals surface area contributed by atoms with Crippen LogP contribution in [0.5, 0.6) is 23.1 Å². The third kappa shape index (κ3) is 7.08. The fraction of sp³-hybridized carbons (Fsp3) is 0.133. The lowest BCUT2D eigenvalue weighted by Crippen LogP contribution is -2.02. The van der Waals surface area contributed by atoms with Crippen LogP contribution in [-0.2, 0) is 17.8 Å². The van der Waals surface area contributed by atoms with Gasteiger partial charge in [-0.2, -0.15) is 0 Å². The number of para-hydroxylation sites is 1. The molecule has 0 unspecified atom stereocenters. The first-order valence-electron chi connectivity index (χ1n) is 12.8. The minimum atomic E-state index is -4.38. The van der Waals surface area contributed by atoms with E-state index >= 15 is 0 Å². The molecule has 3 N–H and O–H groups in total. The van der Waals surface area contributed by atoms with Gasteiger partial charge in [-0.25, -0.2) is 9.67 Å². The van der Waals surface area contributed by atoms with Crippen molar-refractivity contribution in [3.05, 3.63) is 107 Å². The molecule has 0 saturated heterocycles. The molecular weight excluding hydrogens is 561 g/mol. The highest BCUT2D eigenvalue weighted by Crippen LogP contribution is 2.38. The van der Waals surface area contributed by atoms with Gasteiger partial charge in [0.25, 0.3) is 0 Å². The number of benzene rings is 3. The molecule has 0 fully saturated rings. The molecule has 3 aromatic carbocycles. The van der Waals surface area contributed by atoms with Gasteiger partial charge in [-0.15, -0.1) is 5.10 Å². The van der Waals surface area contributed by atoms with E-state index in [0.717, 1.165) is 17.1 Å². The van der Waals surface area contributed by atoms with Crippen LogP contribution in [0.15, 0.2) is 89.2 Å². The number of hydrogen-bond acceptors (Lipinski definition) is 8. The third-order valence-electron chi connectivity index (χ3n) is 6.13. The van der Waals surface area contributed by atoms with E-state index in [1.54, 1.807) is 54.2 Å². The molecule has 12 heteroatoms. The van der Waals surface area contributed by atoms with E-state index in [1.807, 2.05) is 36.4 Å². The van der Waals surface area contributed by atoms with Crippen LogP contribution in [0.3, 0.4) is 0 Å². The van der Waals surface area contributed by atoms with Crippen molar-refractivity contribution in [2.45, 2.75) is 20.1 Å². The topological polar surface area (TPSA) is 149 Å². The Morgan fingerprint density at radius 1 is 0.976 bits per heavy atom. The molecule has 2 heterocycles. The summed E-state index contributed by atoms with van der Waals surface area (Å²) in [4.78, 5) is 23.1. The van der Waals surface area contributed by atoms with Crippen LogP contribution < -0.4 is 14.2 Å². The summed E-state index contributed by atoms with van der Waals surface area (Å²) in [6.07, 6.45) is 2.92. The summed E-state index contributed by atoms with van der Waals surface area (Å²) >= 11 is 0. The van der Waals surface area contributed by atoms with Crippen molar-refractivity contribution in [2.75, 3.05) is 7.11 Å². The van der Waals surface area contributed by atoms with Crippen LogP contribution in [0.2, 0.25) is 0 Å². The fourth-order valence-corrected chi connectivity index (χ4v) is 4.39. The van der Waals surface area contributed by atoms with Crippen molar-refractivity contribution in [2.24, 2.45) is 0 Å². The number of nitrogens with zero attached hydrogens (tertiary/aromatic N) is 3. The molecule has 0 bridgehead atoms. The zero-order chi connectivity index (χ0) is 29.7. The van der Waals surface area contributed by atoms with E-state index in [0.29, 0.717) is 40.0 Å². The molecule has 2 aromatic heterocycles. The number of rotatable bonds is 11. The van der Waals surface area contributed by atoms with Gasteiger partial charge < -0.3 is 33.5 Å². The number of aryl methyl sites for hydroxylation is 1. The van der Waals surface area contributed by atoms with Crippen LogP contribution in [0.25, 0.3) is 23.2 Å². The number of phenols is 1. The second kappa shape index (κ2) is 12.4. The number of phenolic OH excluding ortho intramolecular Hbond substituents is 1. The average Bonchev–Trinajstić information content (AvgIpc) is 3.57. The number of aromatic nitrogens is 3. The molecule has 0 aliphatic rings. The fourth-order valence-electron chi connectivity index (χ4n) is 4.03. The molecule has 0 atom stereocenters. The Balaban J connectivity index is 1.29. The minimum Gasteiger partial charge on any atom is -0.508 e. The predicted molar refractivity (Wildman–Crippen MR) is 155 cm³/mol. The van der Waals surface area contributed by atoms with Crippen LogP contribution in [-0.4, -0.2) is 36.8 Å². The molecule has 0 amide bonds. The largest absolute Gasteiger partial charge is 0.508 e. The predicted octanol–water partition coefficient (Wildman–Crippen LogP) is 5.86. The van der Waals surface area contributed by atoms with E-state index in [2.05, 4.69) is 10.1 Å². The van der Waals surface area contributed by atoms with E-state index < -0.39 is 7.60 Å². The van der Waals surface area contributed by atoms with Crippen LogP contribution in [0, 0.1) is 6.92 Å². The monoisotopic (exact) mass is 589 g/mol. The maximum atomic E-state index is 11.4. The first kappa shape index (κ1) is 28.7. The Morgan fingerprint density at radius 2 is 1.79 bits per heavy atom. The number of ether oxygens (including phenoxy) is 3. The molecule has 5 rings (SSSR count). The van der Waals surface area contributed by atoms with Crippen LogP contribution in [0.4, 0.5) is 0 Å². The van der Waals surface area contributed by atoms with Crippen molar-refractivity contribution in [3.8, 4) is 40.3 Å². The van der Waals surface area contributed by atoms with Gasteiger partial charge >= 0.3 is 7.60 Å². The quantitative estimate of drug-likeness (QED) is 0.160. The van der Waals surface area contributed by atoms with Crippen molar-refractivity contribution >= 4 is 13.7 Å². The zero-order valence-electron chi connectivity index (χ0n) is 22.7. The molecule has 0 aliphatic heterocycles. The summed E-state index contributed by atoms with van der Waals surface area (Å²) in [5, 5.41) is 14.2. The standard InChI is InChI=1S/C30H28N3O8P/c1-20-26(31-29(41-20)22-7-6-10-25(34)16-22)19-39-27-12-11-21(15-28(27)38-2)18-40-30-23(13-14-42(35,36)37)17-33(32-30)24-8-4-3-5-9-24/h3-17,34H,18-19H2,1-2H3,(H2,35,36,37)/b14-13+. The van der Waals surface area contributed by atoms with Gasteiger partial charge in [0.05, 0.1) is 18.4 Å². The number of methoxy groups -OCH3 is 1. The van der Waals surface area contributed by atoms with Gasteiger partial charge in [0.2, 0.25) is 11.8 Å². The lowest BCUT2D eigenvalue weighted by atomic mass is 10.2. The second-order valence-electron chi connectivity index (χ2n) is 9.21. The summed E-state index contributed by atoms with van der Waals surface area (Å²) in [5.41, 5.74) is 3.18. The Bertz CT molecular complexity index is 1760. The highest BCUT2D eigenvalue weighted by molar-refractivity contribution is 7.55. The SMILES string of the molecule is COc1cc(COc2nn(-c3ccccc3)cc2/C=C/P(=O)(O)O)ccc1OCc1nc(-c2cccc(O)c2)oc1C. The van der Waals surface area contributed by atoms with E-state index in [1.165, 1.54) is 13.2 Å². The normalized spacial score (nSPS) is 11.6. The Labute approximate surface area is 241 Å². The van der Waals surface area contributed by atoms with Crippen molar-refractivity contribution < 1.29 is 38.1 Å². The molecule has 11 nitrogen and oxygen atoms in total. The van der Waals surface area contributed by atoms with Gasteiger partial charge in [-0.3, -0.25) is 4.57 Å². The molecule has 0 spiro atoms. The summed E-state index contributed by atoms with van der Waals surface area (Å²) < 4.78 is 36.2. The third-order valence-corrected chi connectivity index (χ3v) is 6.67. The maximum Gasteiger partial charge on any atom is 0.349 e. The minimum absolute atomic E-state index is 0.106. The molecule has 0 saturated carbocycles. The van der Waals surface area contributed by atoms with Crippen LogP contribution in [0.1, 0.15) is 22.6 Å². The molecule has 42 heavy (non-hydrogen) atoms. The van der Waals surface area contributed by atoms with Crippen LogP contribution >= 0.6 is 7.60 Å². The molecule has 0 aliphatic carbocycles. The molecule has 0 radical (unpaired) electrons. The Hall–Kier alpha value is -4.83. The second-order valence-corrected chi connectivity index (χ2v) is 10.7. The first-order valence-corrected chi connectivity index (χ1v) is 14.4. The summed E-state index contributed by atoms with van der Waals surface area (Å²) in [7, 11) is -2.85. The van der Waals surface area contributed by atoms with Gasteiger partial charge in [0.15, 0.2) is 11.5 Å². The summed E-state index contributed by atoms with van der Waals surface area (Å²) in [5.74, 6) is 3.07. The molecule has 5 aromatic rings. The number of oxazole rings is 1. The Kier molecular flexibility index (Phi) is 8.44. The molecular formula is C30H28N3O8P. The van der Waals surface area contributed by atoms with E-state index in [4.69, 9.17) is 18.6 Å². The van der Waals surface area contributed by atoms with E-state index in [9.17, 15) is 19.5 Å². The van der Waals surface area contributed by atoms with Gasteiger partial charge in [0.1, 0.15) is 30.4 Å². The smallest absolute Gasteiger partial charge is 0.349 e. The summed E-state index contributed by atoms with van der Waals surface area (Å²) in [6, 6.07) is 21.3. The van der Waals surface area contributed by atoms with Gasteiger partial charge in [0, 0.05) is 17.6 Å². The summed E-state index contributed by atoms with van der Waals surface area (Å²) in [6.45, 7) is 2.03.